The molecule has 3 N–H and O–H groups in total. The van der Waals surface area contributed by atoms with Gasteiger partial charge in [-0.2, -0.15) is 0 Å². The second kappa shape index (κ2) is 2.68. The van der Waals surface area contributed by atoms with Gasteiger partial charge in [-0.15, -0.1) is 0 Å². The van der Waals surface area contributed by atoms with Gasteiger partial charge in [0.15, 0.2) is 0 Å². The van der Waals surface area contributed by atoms with Crippen LogP contribution in [0.2, 0.25) is 0 Å². The van der Waals surface area contributed by atoms with Crippen LogP contribution in [0.1, 0.15) is 5.56 Å². The summed E-state index contributed by atoms with van der Waals surface area (Å²) in [6, 6.07) is 5.00. The second-order valence-corrected chi connectivity index (χ2v) is 3.04. The third-order valence-electron chi connectivity index (χ3n) is 1.98. The van der Waals surface area contributed by atoms with Gasteiger partial charge in [-0.1, -0.05) is 0 Å². The minimum Gasteiger partial charge on any atom is -0.508 e. The molecule has 12 heavy (non-hydrogen) atoms. The van der Waals surface area contributed by atoms with Crippen molar-refractivity contribution in [2.45, 2.75) is 12.5 Å². The molecule has 1 unspecified atom stereocenters. The van der Waals surface area contributed by atoms with Crippen molar-refractivity contribution in [3.63, 3.8) is 0 Å². The van der Waals surface area contributed by atoms with E-state index in [9.17, 15) is 5.11 Å². The number of aromatic hydroxyl groups is 1. The van der Waals surface area contributed by atoms with E-state index in [0.717, 1.165) is 24.3 Å². The molecule has 0 aliphatic carbocycles. The van der Waals surface area contributed by atoms with Crippen LogP contribution in [0.4, 0.5) is 5.69 Å². The molecule has 1 aromatic carbocycles. The summed E-state index contributed by atoms with van der Waals surface area (Å²) < 4.78 is 5.07. The fraction of sp³-hybridized carbons (Fsp3) is 0.333. The van der Waals surface area contributed by atoms with Gasteiger partial charge in [0.05, 0.1) is 12.7 Å². The molecule has 1 atom stereocenters. The predicted molar refractivity (Wildman–Crippen MR) is 46.0 cm³/mol. The topological polar surface area (TPSA) is 58.8 Å². The number of benzene rings is 1. The lowest BCUT2D eigenvalue weighted by Gasteiger charge is -2.03. The Morgan fingerprint density at radius 1 is 1.58 bits per heavy atom. The largest absolute Gasteiger partial charge is 0.508 e. The van der Waals surface area contributed by atoms with Crippen LogP contribution >= 0.6 is 0 Å². The zero-order valence-electron chi connectivity index (χ0n) is 6.66. The third-order valence-corrected chi connectivity index (χ3v) is 1.98. The van der Waals surface area contributed by atoms with E-state index in [1.807, 2.05) is 0 Å². The lowest BCUT2D eigenvalue weighted by Crippen LogP contribution is -1.98. The molecule has 2 rings (SSSR count). The summed E-state index contributed by atoms with van der Waals surface area (Å²) in [5, 5.41) is 9.17. The molecule has 3 heteroatoms. The maximum absolute atomic E-state index is 9.17. The number of phenols is 1. The molecule has 1 saturated heterocycles. The average molecular weight is 165 g/mol. The number of nitrogen functional groups attached to an aromatic ring is 1. The summed E-state index contributed by atoms with van der Waals surface area (Å²) in [5.74, 6) is 0.264. The highest BCUT2D eigenvalue weighted by molar-refractivity contribution is 5.50. The van der Waals surface area contributed by atoms with Gasteiger partial charge in [0.1, 0.15) is 5.75 Å². The van der Waals surface area contributed by atoms with Crippen LogP contribution in [0.5, 0.6) is 5.75 Å². The summed E-state index contributed by atoms with van der Waals surface area (Å²) in [4.78, 5) is 0. The minimum absolute atomic E-state index is 0.264. The van der Waals surface area contributed by atoms with Gasteiger partial charge in [0, 0.05) is 12.1 Å². The molecule has 64 valence electrons. The molecule has 1 aromatic rings. The summed E-state index contributed by atoms with van der Waals surface area (Å²) in [6.45, 7) is 0.815. The first-order chi connectivity index (χ1) is 5.75. The van der Waals surface area contributed by atoms with Crippen LogP contribution in [-0.4, -0.2) is 17.8 Å². The highest BCUT2D eigenvalue weighted by atomic mass is 16.6. The number of hydrogen-bond acceptors (Lipinski definition) is 3. The first-order valence-corrected chi connectivity index (χ1v) is 3.94. The Morgan fingerprint density at radius 3 is 3.00 bits per heavy atom. The SMILES string of the molecule is Nc1ccc(O)cc1CC1CO1. The van der Waals surface area contributed by atoms with Crippen LogP contribution in [0.15, 0.2) is 18.2 Å². The van der Waals surface area contributed by atoms with Crippen molar-refractivity contribution in [2.75, 3.05) is 12.3 Å². The lowest BCUT2D eigenvalue weighted by molar-refractivity contribution is 0.407. The molecular formula is C9H11NO2. The Bertz CT molecular complexity index is 295. The van der Waals surface area contributed by atoms with Crippen LogP contribution in [0, 0.1) is 0 Å². The Kier molecular flexibility index (Phi) is 1.66. The quantitative estimate of drug-likeness (QED) is 0.389. The second-order valence-electron chi connectivity index (χ2n) is 3.04. The van der Waals surface area contributed by atoms with Crippen LogP contribution in [0.3, 0.4) is 0 Å². The van der Waals surface area contributed by atoms with Crippen molar-refractivity contribution in [1.82, 2.24) is 0 Å². The summed E-state index contributed by atoms with van der Waals surface area (Å²) in [6.07, 6.45) is 1.12. The van der Waals surface area contributed by atoms with Crippen molar-refractivity contribution in [3.8, 4) is 5.75 Å². The molecule has 0 bridgehead atoms. The van der Waals surface area contributed by atoms with E-state index < -0.39 is 0 Å². The van der Waals surface area contributed by atoms with Gasteiger partial charge < -0.3 is 15.6 Å². The number of hydrogen-bond donors (Lipinski definition) is 2. The van der Waals surface area contributed by atoms with Crippen molar-refractivity contribution in [2.24, 2.45) is 0 Å². The van der Waals surface area contributed by atoms with E-state index >= 15 is 0 Å². The average Bonchev–Trinajstić information content (AvgIpc) is 2.81. The van der Waals surface area contributed by atoms with Crippen LogP contribution in [-0.2, 0) is 11.2 Å². The molecule has 0 saturated carbocycles. The van der Waals surface area contributed by atoms with E-state index in [2.05, 4.69) is 0 Å². The van der Waals surface area contributed by atoms with Crippen LogP contribution < -0.4 is 5.73 Å². The van der Waals surface area contributed by atoms with E-state index in [1.54, 1.807) is 18.2 Å². The fourth-order valence-corrected chi connectivity index (χ4v) is 1.20. The van der Waals surface area contributed by atoms with Gasteiger partial charge in [-0.25, -0.2) is 0 Å². The summed E-state index contributed by atoms with van der Waals surface area (Å²) in [7, 11) is 0. The number of nitrogens with two attached hydrogens (primary N) is 1. The van der Waals surface area contributed by atoms with E-state index in [4.69, 9.17) is 10.5 Å². The number of phenolic OH excluding ortho intramolecular Hbond substituents is 1. The van der Waals surface area contributed by atoms with Gasteiger partial charge in [0.25, 0.3) is 0 Å². The predicted octanol–water partition coefficient (Wildman–Crippen LogP) is 0.916. The molecular weight excluding hydrogens is 154 g/mol. The van der Waals surface area contributed by atoms with Crippen LogP contribution in [0.25, 0.3) is 0 Å². The van der Waals surface area contributed by atoms with Gasteiger partial charge in [-0.05, 0) is 23.8 Å². The molecule has 1 heterocycles. The van der Waals surface area contributed by atoms with Crippen molar-refractivity contribution < 1.29 is 9.84 Å². The van der Waals surface area contributed by atoms with Crippen molar-refractivity contribution >= 4 is 5.69 Å². The minimum atomic E-state index is 0.264. The molecule has 0 aromatic heterocycles. The van der Waals surface area contributed by atoms with E-state index in [1.165, 1.54) is 0 Å². The van der Waals surface area contributed by atoms with Crippen molar-refractivity contribution in [1.29, 1.82) is 0 Å². The number of rotatable bonds is 2. The van der Waals surface area contributed by atoms with Gasteiger partial charge >= 0.3 is 0 Å². The Morgan fingerprint density at radius 2 is 2.33 bits per heavy atom. The Hall–Kier alpha value is -1.22. The molecule has 1 aliphatic rings. The number of ether oxygens (including phenoxy) is 1. The molecule has 0 radical (unpaired) electrons. The maximum Gasteiger partial charge on any atom is 0.116 e. The molecule has 0 spiro atoms. The molecule has 3 nitrogen and oxygen atoms in total. The zero-order valence-corrected chi connectivity index (χ0v) is 6.66. The molecule has 1 aliphatic heterocycles. The maximum atomic E-state index is 9.17. The Labute approximate surface area is 70.8 Å². The standard InChI is InChI=1S/C9H11NO2/c10-9-2-1-7(11)3-6(9)4-8-5-12-8/h1-3,8,11H,4-5,10H2. The zero-order chi connectivity index (χ0) is 8.55. The smallest absolute Gasteiger partial charge is 0.116 e. The first kappa shape index (κ1) is 7.43. The summed E-state index contributed by atoms with van der Waals surface area (Å²) >= 11 is 0. The fourth-order valence-electron chi connectivity index (χ4n) is 1.20. The highest BCUT2D eigenvalue weighted by Gasteiger charge is 2.23. The number of anilines is 1. The van der Waals surface area contributed by atoms with Crippen molar-refractivity contribution in [3.05, 3.63) is 23.8 Å². The number of epoxide rings is 1. The highest BCUT2D eigenvalue weighted by Crippen LogP contribution is 2.23. The molecule has 1 fully saturated rings. The lowest BCUT2D eigenvalue weighted by atomic mass is 10.1. The van der Waals surface area contributed by atoms with Gasteiger partial charge in [-0.3, -0.25) is 0 Å². The van der Waals surface area contributed by atoms with Gasteiger partial charge in [0.2, 0.25) is 0 Å². The monoisotopic (exact) mass is 165 g/mol. The Balaban J connectivity index is 2.21. The van der Waals surface area contributed by atoms with E-state index in [-0.39, 0.29) is 5.75 Å². The van der Waals surface area contributed by atoms with E-state index in [0.29, 0.717) is 6.10 Å². The summed E-state index contributed by atoms with van der Waals surface area (Å²) in [5.41, 5.74) is 7.39. The third kappa shape index (κ3) is 1.51. The normalized spacial score (nSPS) is 20.8. The molecule has 0 amide bonds. The first-order valence-electron chi connectivity index (χ1n) is 3.94.